The number of ether oxygens (including phenoxy) is 2. The van der Waals surface area contributed by atoms with Gasteiger partial charge in [0.2, 0.25) is 12.2 Å². The van der Waals surface area contributed by atoms with Gasteiger partial charge in [-0.1, -0.05) is 60.7 Å². The van der Waals surface area contributed by atoms with Crippen LogP contribution in [0.25, 0.3) is 0 Å². The van der Waals surface area contributed by atoms with Crippen molar-refractivity contribution in [1.82, 2.24) is 0 Å². The van der Waals surface area contributed by atoms with Crippen molar-refractivity contribution in [2.45, 2.75) is 24.9 Å². The molecule has 0 bridgehead atoms. The first-order valence-corrected chi connectivity index (χ1v) is 9.19. The summed E-state index contributed by atoms with van der Waals surface area (Å²) in [5, 5.41) is 0. The zero-order valence-electron chi connectivity index (χ0n) is 16.1. The Bertz CT molecular complexity index is 842. The molecule has 2 rings (SSSR count). The largest absolute Gasteiger partial charge is 0.460 e. The number of esters is 2. The van der Waals surface area contributed by atoms with E-state index in [1.54, 1.807) is 48.5 Å². The molecule has 0 saturated carbocycles. The van der Waals surface area contributed by atoms with Gasteiger partial charge in [0.05, 0.1) is 0 Å². The van der Waals surface area contributed by atoms with Crippen molar-refractivity contribution in [2.24, 2.45) is 9.98 Å². The maximum absolute atomic E-state index is 12.2. The van der Waals surface area contributed by atoms with Gasteiger partial charge in [-0.05, 0) is 11.1 Å². The second-order valence-electron chi connectivity index (χ2n) is 6.19. The summed E-state index contributed by atoms with van der Waals surface area (Å²) in [6.45, 7) is -0.458. The van der Waals surface area contributed by atoms with E-state index in [9.17, 15) is 19.2 Å². The molecule has 0 spiro atoms. The van der Waals surface area contributed by atoms with Crippen LogP contribution in [-0.4, -0.2) is 49.4 Å². The fraction of sp³-hybridized carbons (Fsp3) is 0.273. The second kappa shape index (κ2) is 12.6. The van der Waals surface area contributed by atoms with Gasteiger partial charge in [0, 0.05) is 12.8 Å². The summed E-state index contributed by atoms with van der Waals surface area (Å²) in [4.78, 5) is 52.5. The summed E-state index contributed by atoms with van der Waals surface area (Å²) in [5.74, 6) is -1.46. The highest BCUT2D eigenvalue weighted by molar-refractivity contribution is 5.78. The molecule has 0 saturated heterocycles. The summed E-state index contributed by atoms with van der Waals surface area (Å²) in [5.41, 5.74) is 1.61. The lowest BCUT2D eigenvalue weighted by molar-refractivity contribution is -0.153. The maximum Gasteiger partial charge on any atom is 0.332 e. The average Bonchev–Trinajstić information content (AvgIpc) is 2.77. The standard InChI is InChI=1S/C22H20N2O6/c25-15-23-19(13-17-7-3-1-4-8-17)21(27)29-11-12-30-22(28)20(24-16-26)14-18-9-5-2-6-10-18/h1-10,19-20H,11-14H2. The Labute approximate surface area is 173 Å². The van der Waals surface area contributed by atoms with E-state index in [-0.39, 0.29) is 26.1 Å². The van der Waals surface area contributed by atoms with Gasteiger partial charge in [0.1, 0.15) is 13.2 Å². The number of carbonyl (C=O) groups is 2. The summed E-state index contributed by atoms with van der Waals surface area (Å²) in [6, 6.07) is 16.0. The second-order valence-corrected chi connectivity index (χ2v) is 6.19. The summed E-state index contributed by atoms with van der Waals surface area (Å²) >= 11 is 0. The Hall–Kier alpha value is -3.86. The molecule has 0 heterocycles. The molecule has 8 heteroatoms. The van der Waals surface area contributed by atoms with Crippen molar-refractivity contribution in [2.75, 3.05) is 13.2 Å². The number of aliphatic imine (C=N–C) groups is 2. The molecule has 2 aromatic carbocycles. The summed E-state index contributed by atoms with van der Waals surface area (Å²) in [7, 11) is 0. The predicted molar refractivity (Wildman–Crippen MR) is 106 cm³/mol. The molecule has 2 atom stereocenters. The minimum atomic E-state index is -1.04. The molecule has 0 fully saturated rings. The van der Waals surface area contributed by atoms with E-state index >= 15 is 0 Å². The van der Waals surface area contributed by atoms with E-state index in [0.29, 0.717) is 0 Å². The predicted octanol–water partition coefficient (Wildman–Crippen LogP) is 1.97. The van der Waals surface area contributed by atoms with Crippen LogP contribution in [0.15, 0.2) is 70.6 Å². The minimum absolute atomic E-state index is 0.182. The molecule has 0 aliphatic rings. The van der Waals surface area contributed by atoms with Crippen molar-refractivity contribution in [1.29, 1.82) is 0 Å². The monoisotopic (exact) mass is 408 g/mol. The van der Waals surface area contributed by atoms with Crippen LogP contribution in [0.5, 0.6) is 0 Å². The Morgan fingerprint density at radius 1 is 0.700 bits per heavy atom. The SMILES string of the molecule is O=C=NC(Cc1ccccc1)C(=O)OCCOC(=O)C(Cc1ccccc1)N=C=O. The summed E-state index contributed by atoms with van der Waals surface area (Å²) < 4.78 is 10.1. The van der Waals surface area contributed by atoms with Crippen LogP contribution in [0.2, 0.25) is 0 Å². The van der Waals surface area contributed by atoms with Gasteiger partial charge in [-0.2, -0.15) is 9.98 Å². The first-order chi connectivity index (χ1) is 14.6. The third-order valence-corrected chi connectivity index (χ3v) is 4.08. The Morgan fingerprint density at radius 2 is 1.07 bits per heavy atom. The van der Waals surface area contributed by atoms with E-state index in [2.05, 4.69) is 9.98 Å². The number of hydrogen-bond acceptors (Lipinski definition) is 8. The molecule has 0 N–H and O–H groups in total. The lowest BCUT2D eigenvalue weighted by Crippen LogP contribution is -2.28. The molecule has 0 radical (unpaired) electrons. The smallest absolute Gasteiger partial charge is 0.332 e. The number of rotatable bonds is 11. The molecule has 0 aliphatic heterocycles. The first-order valence-electron chi connectivity index (χ1n) is 9.19. The normalized spacial score (nSPS) is 11.9. The lowest BCUT2D eigenvalue weighted by Gasteiger charge is -2.13. The van der Waals surface area contributed by atoms with Crippen molar-refractivity contribution in [3.8, 4) is 0 Å². The third kappa shape index (κ3) is 7.64. The van der Waals surface area contributed by atoms with Gasteiger partial charge in [-0.3, -0.25) is 0 Å². The van der Waals surface area contributed by atoms with Gasteiger partial charge in [-0.15, -0.1) is 0 Å². The van der Waals surface area contributed by atoms with Crippen LogP contribution in [0.3, 0.4) is 0 Å². The molecule has 2 aromatic rings. The van der Waals surface area contributed by atoms with Crippen molar-refractivity contribution < 1.29 is 28.7 Å². The van der Waals surface area contributed by atoms with Gasteiger partial charge in [-0.25, -0.2) is 19.2 Å². The van der Waals surface area contributed by atoms with Crippen LogP contribution in [-0.2, 0) is 41.5 Å². The Morgan fingerprint density at radius 3 is 1.40 bits per heavy atom. The average molecular weight is 408 g/mol. The molecule has 8 nitrogen and oxygen atoms in total. The van der Waals surface area contributed by atoms with Crippen LogP contribution in [0, 0.1) is 0 Å². The van der Waals surface area contributed by atoms with E-state index in [1.165, 1.54) is 12.2 Å². The lowest BCUT2D eigenvalue weighted by atomic mass is 10.1. The number of isocyanates is 2. The van der Waals surface area contributed by atoms with Crippen LogP contribution in [0.1, 0.15) is 11.1 Å². The van der Waals surface area contributed by atoms with Gasteiger partial charge in [0.15, 0.2) is 12.1 Å². The van der Waals surface area contributed by atoms with Crippen molar-refractivity contribution in [3.63, 3.8) is 0 Å². The molecular formula is C22H20N2O6. The van der Waals surface area contributed by atoms with E-state index in [0.717, 1.165) is 11.1 Å². The number of benzene rings is 2. The first kappa shape index (κ1) is 22.4. The van der Waals surface area contributed by atoms with E-state index in [1.807, 2.05) is 12.1 Å². The fourth-order valence-corrected chi connectivity index (χ4v) is 2.64. The number of carbonyl (C=O) groups excluding carboxylic acids is 4. The molecule has 30 heavy (non-hydrogen) atoms. The molecule has 0 amide bonds. The number of hydrogen-bond donors (Lipinski definition) is 0. The maximum atomic E-state index is 12.2. The van der Waals surface area contributed by atoms with Crippen LogP contribution < -0.4 is 0 Å². The quantitative estimate of drug-likeness (QED) is 0.243. The molecular weight excluding hydrogens is 388 g/mol. The highest BCUT2D eigenvalue weighted by Crippen LogP contribution is 2.09. The van der Waals surface area contributed by atoms with Crippen LogP contribution >= 0.6 is 0 Å². The van der Waals surface area contributed by atoms with Gasteiger partial charge >= 0.3 is 11.9 Å². The zero-order chi connectivity index (χ0) is 21.6. The Balaban J connectivity index is 1.82. The van der Waals surface area contributed by atoms with Gasteiger partial charge < -0.3 is 9.47 Å². The van der Waals surface area contributed by atoms with Gasteiger partial charge in [0.25, 0.3) is 0 Å². The summed E-state index contributed by atoms with van der Waals surface area (Å²) in [6.07, 6.45) is 3.10. The minimum Gasteiger partial charge on any atom is -0.460 e. The Kier molecular flexibility index (Phi) is 9.40. The highest BCUT2D eigenvalue weighted by Gasteiger charge is 2.22. The molecule has 154 valence electrons. The fourth-order valence-electron chi connectivity index (χ4n) is 2.64. The van der Waals surface area contributed by atoms with Crippen molar-refractivity contribution >= 4 is 24.1 Å². The number of nitrogens with zero attached hydrogens (tertiary/aromatic N) is 2. The van der Waals surface area contributed by atoms with Crippen molar-refractivity contribution in [3.05, 3.63) is 71.8 Å². The molecule has 0 aliphatic carbocycles. The van der Waals surface area contributed by atoms with Crippen LogP contribution in [0.4, 0.5) is 0 Å². The topological polar surface area (TPSA) is 111 Å². The zero-order valence-corrected chi connectivity index (χ0v) is 16.1. The molecule has 2 unspecified atom stereocenters. The highest BCUT2D eigenvalue weighted by atomic mass is 16.6. The third-order valence-electron chi connectivity index (χ3n) is 4.08. The van der Waals surface area contributed by atoms with E-state index in [4.69, 9.17) is 9.47 Å². The van der Waals surface area contributed by atoms with E-state index < -0.39 is 24.0 Å². The molecule has 0 aromatic heterocycles.